The summed E-state index contributed by atoms with van der Waals surface area (Å²) in [6, 6.07) is 23.5. The molecule has 0 saturated carbocycles. The quantitative estimate of drug-likeness (QED) is 0.594. The molecule has 2 N–H and O–H groups in total. The minimum Gasteiger partial charge on any atom is -0.495 e. The van der Waals surface area contributed by atoms with E-state index in [9.17, 15) is 9.59 Å². The minimum atomic E-state index is -0.729. The van der Waals surface area contributed by atoms with Crippen molar-refractivity contribution in [1.82, 2.24) is 5.32 Å². The Morgan fingerprint density at radius 2 is 1.57 bits per heavy atom. The fraction of sp³-hybridized carbons (Fsp3) is 0.167. The van der Waals surface area contributed by atoms with E-state index in [0.717, 1.165) is 5.56 Å². The van der Waals surface area contributed by atoms with Crippen LogP contribution in [-0.2, 0) is 11.3 Å². The Bertz CT molecular complexity index is 988. The number of nitrogens with one attached hydrogen (secondary N) is 2. The summed E-state index contributed by atoms with van der Waals surface area (Å²) < 4.78 is 10.9. The molecular formula is C24H24N2O4. The molecule has 0 heterocycles. The highest BCUT2D eigenvalue weighted by Crippen LogP contribution is 2.23. The average Bonchev–Trinajstić information content (AvgIpc) is 2.79. The van der Waals surface area contributed by atoms with Crippen LogP contribution in [0.4, 0.5) is 5.69 Å². The number of benzene rings is 3. The van der Waals surface area contributed by atoms with Crippen molar-refractivity contribution >= 4 is 17.5 Å². The van der Waals surface area contributed by atoms with Crippen LogP contribution in [0.1, 0.15) is 22.8 Å². The van der Waals surface area contributed by atoms with Crippen LogP contribution in [0.25, 0.3) is 0 Å². The highest BCUT2D eigenvalue weighted by molar-refractivity contribution is 5.95. The van der Waals surface area contributed by atoms with Crippen LogP contribution in [0.3, 0.4) is 0 Å². The van der Waals surface area contributed by atoms with Gasteiger partial charge in [-0.2, -0.15) is 0 Å². The van der Waals surface area contributed by atoms with Gasteiger partial charge in [0, 0.05) is 12.1 Å². The number of anilines is 1. The Labute approximate surface area is 175 Å². The summed E-state index contributed by atoms with van der Waals surface area (Å²) in [7, 11) is 1.54. The van der Waals surface area contributed by atoms with E-state index < -0.39 is 6.10 Å². The highest BCUT2D eigenvalue weighted by atomic mass is 16.5. The molecule has 1 atom stereocenters. The average molecular weight is 404 g/mol. The molecule has 3 rings (SSSR count). The van der Waals surface area contributed by atoms with Crippen LogP contribution in [0.2, 0.25) is 0 Å². The van der Waals surface area contributed by atoms with Gasteiger partial charge in [0.2, 0.25) is 0 Å². The second-order valence-electron chi connectivity index (χ2n) is 6.64. The first kappa shape index (κ1) is 20.9. The number of ether oxygens (including phenoxy) is 2. The van der Waals surface area contributed by atoms with Gasteiger partial charge in [0.05, 0.1) is 12.8 Å². The third kappa shape index (κ3) is 5.61. The zero-order valence-corrected chi connectivity index (χ0v) is 16.9. The fourth-order valence-corrected chi connectivity index (χ4v) is 2.81. The number of methoxy groups -OCH3 is 1. The first-order valence-electron chi connectivity index (χ1n) is 9.59. The summed E-state index contributed by atoms with van der Waals surface area (Å²) in [6.45, 7) is 2.11. The predicted octanol–water partition coefficient (Wildman–Crippen LogP) is 4.03. The molecule has 0 aliphatic rings. The number of para-hydroxylation sites is 2. The number of carbonyl (C=O) groups is 2. The largest absolute Gasteiger partial charge is 0.495 e. The van der Waals surface area contributed by atoms with E-state index >= 15 is 0 Å². The molecule has 30 heavy (non-hydrogen) atoms. The molecule has 6 nitrogen and oxygen atoms in total. The SMILES string of the molecule is COc1ccccc1NC(=O)[C@H](C)Oc1ccc(C(=O)NCc2ccccc2)cc1. The molecule has 154 valence electrons. The molecule has 0 aromatic heterocycles. The molecule has 2 amide bonds. The highest BCUT2D eigenvalue weighted by Gasteiger charge is 2.17. The normalized spacial score (nSPS) is 11.3. The summed E-state index contributed by atoms with van der Waals surface area (Å²) in [5, 5.41) is 5.67. The van der Waals surface area contributed by atoms with Crippen LogP contribution in [0.5, 0.6) is 11.5 Å². The Morgan fingerprint density at radius 1 is 0.900 bits per heavy atom. The topological polar surface area (TPSA) is 76.7 Å². The maximum absolute atomic E-state index is 12.4. The van der Waals surface area contributed by atoms with Gasteiger partial charge < -0.3 is 20.1 Å². The van der Waals surface area contributed by atoms with Gasteiger partial charge in [0.1, 0.15) is 11.5 Å². The Kier molecular flexibility index (Phi) is 7.05. The van der Waals surface area contributed by atoms with E-state index in [0.29, 0.717) is 29.3 Å². The first-order valence-corrected chi connectivity index (χ1v) is 9.59. The standard InChI is InChI=1S/C24H24N2O4/c1-17(23(27)26-21-10-6-7-11-22(21)29-2)30-20-14-12-19(13-15-20)24(28)25-16-18-8-4-3-5-9-18/h3-15,17H,16H2,1-2H3,(H,25,28)(H,26,27)/t17-/m0/s1. The number of rotatable bonds is 8. The van der Waals surface area contributed by atoms with Crippen molar-refractivity contribution in [2.24, 2.45) is 0 Å². The van der Waals surface area contributed by atoms with Crippen LogP contribution in [-0.4, -0.2) is 25.0 Å². The molecule has 0 aliphatic carbocycles. The lowest BCUT2D eigenvalue weighted by Crippen LogP contribution is -2.30. The lowest BCUT2D eigenvalue weighted by molar-refractivity contribution is -0.122. The molecule has 0 aliphatic heterocycles. The zero-order valence-electron chi connectivity index (χ0n) is 16.9. The lowest BCUT2D eigenvalue weighted by Gasteiger charge is -2.16. The van der Waals surface area contributed by atoms with Crippen molar-refractivity contribution in [3.05, 3.63) is 90.0 Å². The number of hydrogen-bond donors (Lipinski definition) is 2. The lowest BCUT2D eigenvalue weighted by atomic mass is 10.2. The van der Waals surface area contributed by atoms with Crippen molar-refractivity contribution in [2.45, 2.75) is 19.6 Å². The van der Waals surface area contributed by atoms with Crippen molar-refractivity contribution in [3.8, 4) is 11.5 Å². The summed E-state index contributed by atoms with van der Waals surface area (Å²) in [5.74, 6) is 0.595. The third-order valence-electron chi connectivity index (χ3n) is 4.46. The van der Waals surface area contributed by atoms with Gasteiger partial charge in [-0.25, -0.2) is 0 Å². The summed E-state index contributed by atoms with van der Waals surface area (Å²) in [6.07, 6.45) is -0.729. The summed E-state index contributed by atoms with van der Waals surface area (Å²) >= 11 is 0. The molecule has 3 aromatic carbocycles. The van der Waals surface area contributed by atoms with Crippen molar-refractivity contribution in [3.63, 3.8) is 0 Å². The zero-order chi connectivity index (χ0) is 21.3. The second-order valence-corrected chi connectivity index (χ2v) is 6.64. The van der Waals surface area contributed by atoms with Gasteiger partial charge >= 0.3 is 0 Å². The van der Waals surface area contributed by atoms with E-state index in [4.69, 9.17) is 9.47 Å². The molecular weight excluding hydrogens is 380 g/mol. The number of amides is 2. The molecule has 0 radical (unpaired) electrons. The van der Waals surface area contributed by atoms with Crippen LogP contribution in [0, 0.1) is 0 Å². The molecule has 0 unspecified atom stereocenters. The molecule has 0 spiro atoms. The summed E-state index contributed by atoms with van der Waals surface area (Å²) in [4.78, 5) is 24.7. The maximum atomic E-state index is 12.4. The van der Waals surface area contributed by atoms with Crippen LogP contribution >= 0.6 is 0 Å². The van der Waals surface area contributed by atoms with E-state index in [1.807, 2.05) is 42.5 Å². The third-order valence-corrected chi connectivity index (χ3v) is 4.46. The second kappa shape index (κ2) is 10.1. The van der Waals surface area contributed by atoms with E-state index in [1.165, 1.54) is 0 Å². The molecule has 6 heteroatoms. The van der Waals surface area contributed by atoms with Crippen molar-refractivity contribution < 1.29 is 19.1 Å². The van der Waals surface area contributed by atoms with Gasteiger partial charge in [0.25, 0.3) is 11.8 Å². The molecule has 0 fully saturated rings. The van der Waals surface area contributed by atoms with Crippen LogP contribution in [0.15, 0.2) is 78.9 Å². The van der Waals surface area contributed by atoms with Gasteiger partial charge in [-0.15, -0.1) is 0 Å². The van der Waals surface area contributed by atoms with Gasteiger partial charge in [0.15, 0.2) is 6.10 Å². The molecule has 3 aromatic rings. The van der Waals surface area contributed by atoms with Gasteiger partial charge in [-0.1, -0.05) is 42.5 Å². The number of carbonyl (C=O) groups excluding carboxylic acids is 2. The Balaban J connectivity index is 1.54. The predicted molar refractivity (Wildman–Crippen MR) is 116 cm³/mol. The van der Waals surface area contributed by atoms with Crippen molar-refractivity contribution in [2.75, 3.05) is 12.4 Å². The molecule has 0 saturated heterocycles. The van der Waals surface area contributed by atoms with Crippen LogP contribution < -0.4 is 20.1 Å². The fourth-order valence-electron chi connectivity index (χ4n) is 2.81. The number of hydrogen-bond acceptors (Lipinski definition) is 4. The van der Waals surface area contributed by atoms with Crippen molar-refractivity contribution in [1.29, 1.82) is 0 Å². The van der Waals surface area contributed by atoms with Gasteiger partial charge in [-0.05, 0) is 48.9 Å². The van der Waals surface area contributed by atoms with E-state index in [-0.39, 0.29) is 11.8 Å². The summed E-state index contributed by atoms with van der Waals surface area (Å²) in [5.41, 5.74) is 2.12. The monoisotopic (exact) mass is 404 g/mol. The molecule has 0 bridgehead atoms. The Hall–Kier alpha value is -3.80. The Morgan fingerprint density at radius 3 is 2.27 bits per heavy atom. The maximum Gasteiger partial charge on any atom is 0.265 e. The smallest absolute Gasteiger partial charge is 0.265 e. The van der Waals surface area contributed by atoms with E-state index in [2.05, 4.69) is 10.6 Å². The van der Waals surface area contributed by atoms with Gasteiger partial charge in [-0.3, -0.25) is 9.59 Å². The van der Waals surface area contributed by atoms with E-state index in [1.54, 1.807) is 50.4 Å². The minimum absolute atomic E-state index is 0.174. The first-order chi connectivity index (χ1) is 14.6.